The van der Waals surface area contributed by atoms with Gasteiger partial charge in [0.1, 0.15) is 0 Å². The predicted octanol–water partition coefficient (Wildman–Crippen LogP) is 1.55. The number of hydrogen-bond donors (Lipinski definition) is 1. The molecule has 2 atom stereocenters. The van der Waals surface area contributed by atoms with Gasteiger partial charge in [0, 0.05) is 50.7 Å². The maximum Gasteiger partial charge on any atom is 0.293 e. The van der Waals surface area contributed by atoms with Crippen molar-refractivity contribution in [1.29, 1.82) is 0 Å². The number of likely N-dealkylation sites (tertiary alicyclic amines) is 1. The van der Waals surface area contributed by atoms with E-state index in [4.69, 9.17) is 0 Å². The summed E-state index contributed by atoms with van der Waals surface area (Å²) >= 11 is 0. The van der Waals surface area contributed by atoms with E-state index in [-0.39, 0.29) is 5.56 Å². The standard InChI is InChI=1S/C19H33N5O/c1-4-22-10-8-17(15(3)14-22)21-16-6-11-24(12-7-16)18-19(25)23(5-2)13-9-20-18/h9,13,15-17,21H,4-8,10-12,14H2,1-3H3/t15-,17+/m1/s1. The second kappa shape index (κ2) is 8.32. The number of rotatable bonds is 5. The van der Waals surface area contributed by atoms with Crippen molar-refractivity contribution < 1.29 is 0 Å². The molecule has 0 bridgehead atoms. The summed E-state index contributed by atoms with van der Waals surface area (Å²) in [6.45, 7) is 12.7. The molecule has 0 unspecified atom stereocenters. The van der Waals surface area contributed by atoms with Gasteiger partial charge in [0.2, 0.25) is 0 Å². The quantitative estimate of drug-likeness (QED) is 0.876. The topological polar surface area (TPSA) is 53.4 Å². The first kappa shape index (κ1) is 18.4. The first-order valence-electron chi connectivity index (χ1n) is 9.91. The molecule has 3 rings (SSSR count). The maximum atomic E-state index is 12.4. The molecule has 3 heterocycles. The molecule has 0 radical (unpaired) electrons. The largest absolute Gasteiger partial charge is 0.352 e. The van der Waals surface area contributed by atoms with Gasteiger partial charge in [-0.1, -0.05) is 13.8 Å². The Labute approximate surface area is 151 Å². The Morgan fingerprint density at radius 3 is 2.56 bits per heavy atom. The molecule has 0 amide bonds. The zero-order valence-corrected chi connectivity index (χ0v) is 15.9. The molecule has 1 aromatic heterocycles. The number of hydrogen-bond acceptors (Lipinski definition) is 5. The average Bonchev–Trinajstić information content (AvgIpc) is 2.64. The highest BCUT2D eigenvalue weighted by molar-refractivity contribution is 5.36. The first-order chi connectivity index (χ1) is 12.1. The minimum Gasteiger partial charge on any atom is -0.352 e. The van der Waals surface area contributed by atoms with Crippen LogP contribution in [0.5, 0.6) is 0 Å². The lowest BCUT2D eigenvalue weighted by atomic mass is 9.92. The van der Waals surface area contributed by atoms with Gasteiger partial charge in [-0.05, 0) is 45.2 Å². The van der Waals surface area contributed by atoms with Gasteiger partial charge >= 0.3 is 0 Å². The second-order valence-electron chi connectivity index (χ2n) is 7.54. The fourth-order valence-electron chi connectivity index (χ4n) is 4.23. The van der Waals surface area contributed by atoms with E-state index in [1.807, 2.05) is 6.92 Å². The normalized spacial score (nSPS) is 26.1. The fourth-order valence-corrected chi connectivity index (χ4v) is 4.23. The van der Waals surface area contributed by atoms with Crippen molar-refractivity contribution in [3.63, 3.8) is 0 Å². The van der Waals surface area contributed by atoms with Crippen molar-refractivity contribution in [1.82, 2.24) is 19.8 Å². The molecule has 0 spiro atoms. The van der Waals surface area contributed by atoms with Crippen molar-refractivity contribution in [3.05, 3.63) is 22.7 Å². The van der Waals surface area contributed by atoms with Gasteiger partial charge in [0.25, 0.3) is 5.56 Å². The summed E-state index contributed by atoms with van der Waals surface area (Å²) in [7, 11) is 0. The molecule has 1 N–H and O–H groups in total. The lowest BCUT2D eigenvalue weighted by Gasteiger charge is -2.41. The number of nitrogens with zero attached hydrogens (tertiary/aromatic N) is 4. The Morgan fingerprint density at radius 1 is 1.16 bits per heavy atom. The average molecular weight is 348 g/mol. The number of aryl methyl sites for hydroxylation is 1. The molecule has 2 fully saturated rings. The van der Waals surface area contributed by atoms with E-state index in [9.17, 15) is 4.79 Å². The van der Waals surface area contributed by atoms with Gasteiger partial charge in [0.15, 0.2) is 5.82 Å². The Kier molecular flexibility index (Phi) is 6.12. The lowest BCUT2D eigenvalue weighted by Crippen LogP contribution is -2.53. The van der Waals surface area contributed by atoms with Crippen LogP contribution in [-0.2, 0) is 6.54 Å². The second-order valence-corrected chi connectivity index (χ2v) is 7.54. The van der Waals surface area contributed by atoms with Crippen LogP contribution >= 0.6 is 0 Å². The van der Waals surface area contributed by atoms with Crippen LogP contribution in [0, 0.1) is 5.92 Å². The molecule has 0 aromatic carbocycles. The molecule has 2 aliphatic heterocycles. The van der Waals surface area contributed by atoms with Gasteiger partial charge in [0.05, 0.1) is 0 Å². The number of nitrogens with one attached hydrogen (secondary N) is 1. The summed E-state index contributed by atoms with van der Waals surface area (Å²) in [6, 6.07) is 1.19. The summed E-state index contributed by atoms with van der Waals surface area (Å²) in [4.78, 5) is 21.5. The van der Waals surface area contributed by atoms with Gasteiger partial charge in [-0.15, -0.1) is 0 Å². The van der Waals surface area contributed by atoms with Gasteiger partial charge in [-0.3, -0.25) is 4.79 Å². The summed E-state index contributed by atoms with van der Waals surface area (Å²) in [5, 5.41) is 3.90. The van der Waals surface area contributed by atoms with E-state index in [2.05, 4.69) is 33.9 Å². The Balaban J connectivity index is 1.53. The molecule has 0 saturated carbocycles. The van der Waals surface area contributed by atoms with Crippen molar-refractivity contribution in [2.45, 2.75) is 58.7 Å². The summed E-state index contributed by atoms with van der Waals surface area (Å²) in [5.41, 5.74) is 0.0389. The number of aromatic nitrogens is 2. The highest BCUT2D eigenvalue weighted by Crippen LogP contribution is 2.20. The minimum atomic E-state index is 0.0389. The van der Waals surface area contributed by atoms with Gasteiger partial charge in [-0.2, -0.15) is 0 Å². The third-order valence-corrected chi connectivity index (χ3v) is 5.92. The first-order valence-corrected chi connectivity index (χ1v) is 9.91. The van der Waals surface area contributed by atoms with Crippen molar-refractivity contribution in [2.75, 3.05) is 37.6 Å². The zero-order valence-electron chi connectivity index (χ0n) is 15.9. The maximum absolute atomic E-state index is 12.4. The highest BCUT2D eigenvalue weighted by Gasteiger charge is 2.29. The molecule has 2 saturated heterocycles. The highest BCUT2D eigenvalue weighted by atomic mass is 16.1. The van der Waals surface area contributed by atoms with E-state index in [1.54, 1.807) is 17.0 Å². The SMILES string of the molecule is CCN1CC[C@H](NC2CCN(c3nccn(CC)c3=O)CC2)[C@H](C)C1. The van der Waals surface area contributed by atoms with Crippen LogP contribution in [0.25, 0.3) is 0 Å². The van der Waals surface area contributed by atoms with Gasteiger partial charge < -0.3 is 19.7 Å². The lowest BCUT2D eigenvalue weighted by molar-refractivity contribution is 0.142. The zero-order chi connectivity index (χ0) is 17.8. The van der Waals surface area contributed by atoms with E-state index < -0.39 is 0 Å². The third kappa shape index (κ3) is 4.23. The molecule has 0 aliphatic carbocycles. The van der Waals surface area contributed by atoms with Crippen molar-refractivity contribution >= 4 is 5.82 Å². The summed E-state index contributed by atoms with van der Waals surface area (Å²) in [6.07, 6.45) is 6.93. The van der Waals surface area contributed by atoms with Crippen LogP contribution in [0.3, 0.4) is 0 Å². The smallest absolute Gasteiger partial charge is 0.293 e. The van der Waals surface area contributed by atoms with Crippen LogP contribution in [0.4, 0.5) is 5.82 Å². The van der Waals surface area contributed by atoms with Crippen LogP contribution in [0.15, 0.2) is 17.2 Å². The van der Waals surface area contributed by atoms with Crippen LogP contribution < -0.4 is 15.8 Å². The Hall–Kier alpha value is -1.40. The molecule has 140 valence electrons. The fraction of sp³-hybridized carbons (Fsp3) is 0.789. The molecule has 2 aliphatic rings. The minimum absolute atomic E-state index is 0.0389. The van der Waals surface area contributed by atoms with E-state index in [0.717, 1.165) is 32.5 Å². The molecular weight excluding hydrogens is 314 g/mol. The molecule has 6 nitrogen and oxygen atoms in total. The summed E-state index contributed by atoms with van der Waals surface area (Å²) < 4.78 is 1.73. The number of anilines is 1. The molecule has 1 aromatic rings. The van der Waals surface area contributed by atoms with Crippen LogP contribution in [0.2, 0.25) is 0 Å². The molecule has 6 heteroatoms. The van der Waals surface area contributed by atoms with Crippen LogP contribution in [0.1, 0.15) is 40.0 Å². The van der Waals surface area contributed by atoms with Crippen molar-refractivity contribution in [3.8, 4) is 0 Å². The molecular formula is C19H33N5O. The summed E-state index contributed by atoms with van der Waals surface area (Å²) in [5.74, 6) is 1.33. The third-order valence-electron chi connectivity index (χ3n) is 5.92. The van der Waals surface area contributed by atoms with Crippen LogP contribution in [-0.4, -0.2) is 59.3 Å². The van der Waals surface area contributed by atoms with E-state index in [1.165, 1.54) is 19.5 Å². The van der Waals surface area contributed by atoms with E-state index >= 15 is 0 Å². The number of piperidine rings is 2. The van der Waals surface area contributed by atoms with Crippen molar-refractivity contribution in [2.24, 2.45) is 5.92 Å². The monoisotopic (exact) mass is 347 g/mol. The Morgan fingerprint density at radius 2 is 1.92 bits per heavy atom. The Bertz CT molecular complexity index is 608. The van der Waals surface area contributed by atoms with Gasteiger partial charge in [-0.25, -0.2) is 4.98 Å². The predicted molar refractivity (Wildman–Crippen MR) is 102 cm³/mol. The molecule has 25 heavy (non-hydrogen) atoms. The van der Waals surface area contributed by atoms with E-state index in [0.29, 0.717) is 30.4 Å².